The molecule has 0 N–H and O–H groups in total. The molecular weight excluding hydrogens is 482 g/mol. The molecule has 1 aromatic carbocycles. The smallest absolute Gasteiger partial charge is 0.252 e. The van der Waals surface area contributed by atoms with E-state index in [9.17, 15) is 10.1 Å². The van der Waals surface area contributed by atoms with Gasteiger partial charge in [-0.25, -0.2) is 4.98 Å². The first kappa shape index (κ1) is 25.6. The van der Waals surface area contributed by atoms with Gasteiger partial charge < -0.3 is 23.8 Å². The third kappa shape index (κ3) is 4.91. The highest BCUT2D eigenvalue weighted by Gasteiger charge is 2.32. The maximum Gasteiger partial charge on any atom is 0.252 e. The van der Waals surface area contributed by atoms with Crippen molar-refractivity contribution in [3.05, 3.63) is 58.0 Å². The first-order valence-corrected chi connectivity index (χ1v) is 12.9. The third-order valence-corrected chi connectivity index (χ3v) is 7.28. The van der Waals surface area contributed by atoms with Crippen LogP contribution in [0.2, 0.25) is 0 Å². The van der Waals surface area contributed by atoms with Crippen LogP contribution in [0, 0.1) is 17.2 Å². The lowest BCUT2D eigenvalue weighted by Gasteiger charge is -2.36. The standard InChI is InChI=1S/C29H33N5O4/c1-29(2,3)38-32-26(21-7-6-8-24-28(21)37-17-36-24)18-9-12-20(13-10-18)33(4)23-15-25(35)34(5)22-14-11-19(16-30)31-27(22)23/h6-8,11,14-15,18,20H,9-10,12-13,17H2,1-5H3/b32-26-. The predicted molar refractivity (Wildman–Crippen MR) is 146 cm³/mol. The van der Waals surface area contributed by atoms with Gasteiger partial charge in [0, 0.05) is 37.7 Å². The molecule has 1 fully saturated rings. The topological polar surface area (TPSA) is 102 Å². The second-order valence-electron chi connectivity index (χ2n) is 10.9. The van der Waals surface area contributed by atoms with E-state index in [1.165, 1.54) is 0 Å². The number of para-hydroxylation sites is 1. The number of nitriles is 1. The normalized spacial score (nSPS) is 19.3. The van der Waals surface area contributed by atoms with Crippen LogP contribution in [0.4, 0.5) is 5.69 Å². The Balaban J connectivity index is 1.42. The molecular formula is C29H33N5O4. The Labute approximate surface area is 222 Å². The Morgan fingerprint density at radius 2 is 1.95 bits per heavy atom. The number of aryl methyl sites for hydroxylation is 1. The van der Waals surface area contributed by atoms with Crippen molar-refractivity contribution in [3.63, 3.8) is 0 Å². The maximum atomic E-state index is 12.7. The summed E-state index contributed by atoms with van der Waals surface area (Å²) in [6.07, 6.45) is 3.59. The predicted octanol–water partition coefficient (Wildman–Crippen LogP) is 4.75. The van der Waals surface area contributed by atoms with Gasteiger partial charge in [-0.15, -0.1) is 0 Å². The van der Waals surface area contributed by atoms with E-state index in [1.807, 2.05) is 46.0 Å². The fourth-order valence-corrected chi connectivity index (χ4v) is 5.24. The van der Waals surface area contributed by atoms with E-state index in [0.29, 0.717) is 22.5 Å². The van der Waals surface area contributed by atoms with Gasteiger partial charge in [0.15, 0.2) is 11.5 Å². The lowest BCUT2D eigenvalue weighted by molar-refractivity contribution is -0.0000619. The number of ether oxygens (including phenoxy) is 2. The van der Waals surface area contributed by atoms with Gasteiger partial charge in [-0.3, -0.25) is 4.79 Å². The summed E-state index contributed by atoms with van der Waals surface area (Å²) in [4.78, 5) is 25.3. The van der Waals surface area contributed by atoms with Crippen LogP contribution >= 0.6 is 0 Å². The Morgan fingerprint density at radius 1 is 1.18 bits per heavy atom. The fraction of sp³-hybridized carbons (Fsp3) is 0.448. The van der Waals surface area contributed by atoms with Crippen LogP contribution in [0.15, 0.2) is 46.3 Å². The molecule has 5 rings (SSSR count). The average Bonchev–Trinajstić information content (AvgIpc) is 3.39. The maximum absolute atomic E-state index is 12.7. The molecule has 0 radical (unpaired) electrons. The van der Waals surface area contributed by atoms with Crippen LogP contribution in [-0.2, 0) is 11.9 Å². The first-order chi connectivity index (χ1) is 18.2. The Morgan fingerprint density at radius 3 is 2.66 bits per heavy atom. The third-order valence-electron chi connectivity index (χ3n) is 7.28. The van der Waals surface area contributed by atoms with E-state index in [2.05, 4.69) is 21.1 Å². The molecule has 0 spiro atoms. The van der Waals surface area contributed by atoms with Gasteiger partial charge in [-0.1, -0.05) is 11.2 Å². The molecule has 2 aliphatic rings. The molecule has 1 aliphatic heterocycles. The van der Waals surface area contributed by atoms with Crippen molar-refractivity contribution in [3.8, 4) is 17.6 Å². The number of aromatic nitrogens is 2. The molecule has 0 amide bonds. The van der Waals surface area contributed by atoms with E-state index in [0.717, 1.165) is 48.4 Å². The lowest BCUT2D eigenvalue weighted by Crippen LogP contribution is -2.38. The molecule has 3 heterocycles. The molecule has 3 aromatic rings. The van der Waals surface area contributed by atoms with E-state index in [1.54, 1.807) is 29.8 Å². The van der Waals surface area contributed by atoms with Crippen molar-refractivity contribution in [2.75, 3.05) is 18.7 Å². The van der Waals surface area contributed by atoms with Crippen molar-refractivity contribution >= 4 is 22.4 Å². The number of hydrogen-bond acceptors (Lipinski definition) is 8. The minimum atomic E-state index is -0.423. The number of hydrogen-bond donors (Lipinski definition) is 0. The summed E-state index contributed by atoms with van der Waals surface area (Å²) in [5, 5.41) is 14.1. The molecule has 0 bridgehead atoms. The summed E-state index contributed by atoms with van der Waals surface area (Å²) in [6, 6.07) is 13.3. The minimum Gasteiger partial charge on any atom is -0.454 e. The number of rotatable bonds is 5. The summed E-state index contributed by atoms with van der Waals surface area (Å²) in [5.41, 5.74) is 3.71. The second-order valence-corrected chi connectivity index (χ2v) is 10.9. The SMILES string of the molecule is CN(c1cc(=O)n(C)c2ccc(C#N)nc12)C1CCC(/C(=N/OC(C)(C)C)c2cccc3c2OCO3)CC1. The lowest BCUT2D eigenvalue weighted by atomic mass is 9.80. The number of nitrogens with zero attached hydrogens (tertiary/aromatic N) is 5. The van der Waals surface area contributed by atoms with Crippen LogP contribution in [0.3, 0.4) is 0 Å². The summed E-state index contributed by atoms with van der Waals surface area (Å²) >= 11 is 0. The highest BCUT2D eigenvalue weighted by molar-refractivity contribution is 6.05. The van der Waals surface area contributed by atoms with Gasteiger partial charge in [0.05, 0.1) is 16.9 Å². The zero-order valence-electron chi connectivity index (χ0n) is 22.5. The fourth-order valence-electron chi connectivity index (χ4n) is 5.24. The quantitative estimate of drug-likeness (QED) is 0.357. The molecule has 38 heavy (non-hydrogen) atoms. The highest BCUT2D eigenvalue weighted by atomic mass is 16.7. The van der Waals surface area contributed by atoms with Gasteiger partial charge in [0.2, 0.25) is 6.79 Å². The van der Waals surface area contributed by atoms with Gasteiger partial charge in [0.25, 0.3) is 5.56 Å². The van der Waals surface area contributed by atoms with E-state index in [4.69, 9.17) is 14.3 Å². The van der Waals surface area contributed by atoms with Crippen LogP contribution < -0.4 is 19.9 Å². The zero-order valence-corrected chi connectivity index (χ0v) is 22.5. The molecule has 0 saturated heterocycles. The van der Waals surface area contributed by atoms with Gasteiger partial charge >= 0.3 is 0 Å². The highest BCUT2D eigenvalue weighted by Crippen LogP contribution is 2.40. The van der Waals surface area contributed by atoms with Crippen molar-refractivity contribution in [2.45, 2.75) is 58.1 Å². The Bertz CT molecular complexity index is 1490. The molecule has 1 saturated carbocycles. The molecule has 2 aromatic heterocycles. The summed E-state index contributed by atoms with van der Waals surface area (Å²) < 4.78 is 13.0. The van der Waals surface area contributed by atoms with Crippen molar-refractivity contribution in [1.29, 1.82) is 5.26 Å². The molecule has 9 nitrogen and oxygen atoms in total. The minimum absolute atomic E-state index is 0.103. The zero-order chi connectivity index (χ0) is 27.0. The Hall–Kier alpha value is -4.06. The van der Waals surface area contributed by atoms with Crippen LogP contribution in [-0.4, -0.2) is 40.7 Å². The number of pyridine rings is 2. The van der Waals surface area contributed by atoms with Crippen molar-refractivity contribution < 1.29 is 14.3 Å². The summed E-state index contributed by atoms with van der Waals surface area (Å²) in [6.45, 7) is 6.14. The molecule has 198 valence electrons. The van der Waals surface area contributed by atoms with Crippen LogP contribution in [0.5, 0.6) is 11.5 Å². The number of anilines is 1. The first-order valence-electron chi connectivity index (χ1n) is 12.9. The van der Waals surface area contributed by atoms with E-state index >= 15 is 0 Å². The summed E-state index contributed by atoms with van der Waals surface area (Å²) in [5.74, 6) is 1.62. The monoisotopic (exact) mass is 515 g/mol. The summed E-state index contributed by atoms with van der Waals surface area (Å²) in [7, 11) is 3.73. The number of fused-ring (bicyclic) bond motifs is 2. The second kappa shape index (κ2) is 10.0. The molecule has 9 heteroatoms. The number of oxime groups is 1. The number of benzene rings is 1. The van der Waals surface area contributed by atoms with Crippen molar-refractivity contribution in [2.24, 2.45) is 18.1 Å². The Kier molecular flexibility index (Phi) is 6.74. The van der Waals surface area contributed by atoms with Gasteiger partial charge in [-0.2, -0.15) is 5.26 Å². The molecule has 0 unspecified atom stereocenters. The molecule has 1 aliphatic carbocycles. The average molecular weight is 516 g/mol. The van der Waals surface area contributed by atoms with Gasteiger partial charge in [-0.05, 0) is 70.7 Å². The van der Waals surface area contributed by atoms with Crippen LogP contribution in [0.25, 0.3) is 11.0 Å². The largest absolute Gasteiger partial charge is 0.454 e. The molecule has 0 atom stereocenters. The van der Waals surface area contributed by atoms with Crippen molar-refractivity contribution in [1.82, 2.24) is 9.55 Å². The van der Waals surface area contributed by atoms with E-state index in [-0.39, 0.29) is 24.3 Å². The van der Waals surface area contributed by atoms with Gasteiger partial charge in [0.1, 0.15) is 22.9 Å². The van der Waals surface area contributed by atoms with Crippen LogP contribution in [0.1, 0.15) is 57.7 Å². The van der Waals surface area contributed by atoms with E-state index < -0.39 is 5.60 Å².